The second-order valence-corrected chi connectivity index (χ2v) is 4.54. The molecule has 0 bridgehead atoms. The van der Waals surface area contributed by atoms with Crippen LogP contribution in [0.25, 0.3) is 0 Å². The summed E-state index contributed by atoms with van der Waals surface area (Å²) in [5.41, 5.74) is 5.39. The van der Waals surface area contributed by atoms with Gasteiger partial charge in [0.2, 0.25) is 0 Å². The quantitative estimate of drug-likeness (QED) is 0.745. The fraction of sp³-hybridized carbons (Fsp3) is 0.429. The predicted molar refractivity (Wildman–Crippen MR) is 67.8 cm³/mol. The van der Waals surface area contributed by atoms with Gasteiger partial charge in [0.25, 0.3) is 0 Å². The van der Waals surface area contributed by atoms with Crippen molar-refractivity contribution in [2.45, 2.75) is 40.8 Å². The average Bonchev–Trinajstić information content (AvgIpc) is 2.72. The van der Waals surface area contributed by atoms with Gasteiger partial charge in [-0.15, -0.1) is 0 Å². The first-order chi connectivity index (χ1) is 7.59. The molecule has 2 heterocycles. The summed E-state index contributed by atoms with van der Waals surface area (Å²) in [6.07, 6.45) is 0. The lowest BCUT2D eigenvalue weighted by atomic mass is 10.4. The van der Waals surface area contributed by atoms with E-state index < -0.39 is 0 Å². The van der Waals surface area contributed by atoms with Gasteiger partial charge >= 0.3 is 0 Å². The Kier molecular flexibility index (Phi) is 2.90. The molecule has 16 heavy (non-hydrogen) atoms. The van der Waals surface area contributed by atoms with E-state index in [-0.39, 0.29) is 0 Å². The Morgan fingerprint density at radius 2 is 0.875 bits per heavy atom. The summed E-state index contributed by atoms with van der Waals surface area (Å²) in [7, 11) is 0. The number of rotatable bonds is 3. The van der Waals surface area contributed by atoms with Gasteiger partial charge in [-0.3, -0.25) is 0 Å². The fourth-order valence-electron chi connectivity index (χ4n) is 2.30. The first-order valence-electron chi connectivity index (χ1n) is 5.85. The van der Waals surface area contributed by atoms with E-state index in [1.807, 2.05) is 0 Å². The van der Waals surface area contributed by atoms with Crippen LogP contribution in [0.4, 0.5) is 0 Å². The van der Waals surface area contributed by atoms with Gasteiger partial charge in [-0.25, -0.2) is 0 Å². The Balaban J connectivity index is 2.14. The molecule has 0 aliphatic heterocycles. The molecule has 2 heteroatoms. The Morgan fingerprint density at radius 3 is 1.12 bits per heavy atom. The summed E-state index contributed by atoms with van der Waals surface area (Å²) < 4.78 is 4.75. The van der Waals surface area contributed by atoms with Crippen molar-refractivity contribution in [1.82, 2.24) is 9.13 Å². The second kappa shape index (κ2) is 4.20. The molecule has 86 valence electrons. The molecule has 2 aromatic rings. The van der Waals surface area contributed by atoms with Crippen LogP contribution in [-0.2, 0) is 13.1 Å². The zero-order chi connectivity index (χ0) is 11.7. The van der Waals surface area contributed by atoms with Gasteiger partial charge < -0.3 is 9.13 Å². The molecule has 0 fully saturated rings. The van der Waals surface area contributed by atoms with E-state index in [1.54, 1.807) is 0 Å². The lowest BCUT2D eigenvalue weighted by Crippen LogP contribution is -2.11. The van der Waals surface area contributed by atoms with E-state index in [4.69, 9.17) is 0 Å². The molecule has 0 N–H and O–H groups in total. The van der Waals surface area contributed by atoms with E-state index in [0.717, 1.165) is 13.1 Å². The van der Waals surface area contributed by atoms with Crippen molar-refractivity contribution in [3.63, 3.8) is 0 Å². The number of hydrogen-bond acceptors (Lipinski definition) is 0. The van der Waals surface area contributed by atoms with Crippen molar-refractivity contribution in [2.24, 2.45) is 0 Å². The monoisotopic (exact) mass is 216 g/mol. The number of aryl methyl sites for hydroxylation is 4. The molecule has 0 aromatic carbocycles. The van der Waals surface area contributed by atoms with E-state index in [9.17, 15) is 0 Å². The first-order valence-corrected chi connectivity index (χ1v) is 5.85. The maximum Gasteiger partial charge on any atom is 0.0404 e. The summed E-state index contributed by atoms with van der Waals surface area (Å²) in [5, 5.41) is 0. The van der Waals surface area contributed by atoms with E-state index >= 15 is 0 Å². The highest BCUT2D eigenvalue weighted by Gasteiger charge is 2.03. The molecule has 0 aliphatic rings. The topological polar surface area (TPSA) is 9.86 Å². The van der Waals surface area contributed by atoms with Crippen molar-refractivity contribution in [3.8, 4) is 0 Å². The molecule has 0 unspecified atom stereocenters. The third-order valence-electron chi connectivity index (χ3n) is 3.38. The Bertz CT molecular complexity index is 404. The molecule has 0 amide bonds. The third kappa shape index (κ3) is 1.92. The zero-order valence-corrected chi connectivity index (χ0v) is 10.6. The SMILES string of the molecule is Cc1ccc(C)n1CCn1c(C)ccc1C. The maximum atomic E-state index is 2.37. The molecular weight excluding hydrogens is 196 g/mol. The number of nitrogens with zero attached hydrogens (tertiary/aromatic N) is 2. The molecule has 0 radical (unpaired) electrons. The van der Waals surface area contributed by atoms with Crippen LogP contribution in [-0.4, -0.2) is 9.13 Å². The molecule has 2 nitrogen and oxygen atoms in total. The summed E-state index contributed by atoms with van der Waals surface area (Å²) >= 11 is 0. The Hall–Kier alpha value is -1.44. The van der Waals surface area contributed by atoms with Gasteiger partial charge in [0, 0.05) is 35.9 Å². The zero-order valence-electron chi connectivity index (χ0n) is 10.6. The molecule has 0 saturated carbocycles. The Labute approximate surface area is 97.5 Å². The predicted octanol–water partition coefficient (Wildman–Crippen LogP) is 3.22. The van der Waals surface area contributed by atoms with E-state index in [2.05, 4.69) is 61.1 Å². The van der Waals surface area contributed by atoms with Gasteiger partial charge in [-0.05, 0) is 52.0 Å². The van der Waals surface area contributed by atoms with Crippen LogP contribution < -0.4 is 0 Å². The lowest BCUT2D eigenvalue weighted by molar-refractivity contribution is 0.549. The molecule has 2 rings (SSSR count). The van der Waals surface area contributed by atoms with Gasteiger partial charge in [-0.2, -0.15) is 0 Å². The van der Waals surface area contributed by atoms with Gasteiger partial charge in [0.1, 0.15) is 0 Å². The number of aromatic nitrogens is 2. The summed E-state index contributed by atoms with van der Waals surface area (Å²) in [4.78, 5) is 0. The number of hydrogen-bond donors (Lipinski definition) is 0. The van der Waals surface area contributed by atoms with Crippen LogP contribution >= 0.6 is 0 Å². The van der Waals surface area contributed by atoms with Crippen LogP contribution in [0, 0.1) is 27.7 Å². The van der Waals surface area contributed by atoms with Crippen LogP contribution in [0.5, 0.6) is 0 Å². The standard InChI is InChI=1S/C14H20N2/c1-11-5-6-12(2)15(11)9-10-16-13(3)7-8-14(16)4/h5-8H,9-10H2,1-4H3. The second-order valence-electron chi connectivity index (χ2n) is 4.54. The minimum atomic E-state index is 1.06. The van der Waals surface area contributed by atoms with Gasteiger partial charge in [-0.1, -0.05) is 0 Å². The molecule has 0 aliphatic carbocycles. The fourth-order valence-corrected chi connectivity index (χ4v) is 2.30. The third-order valence-corrected chi connectivity index (χ3v) is 3.38. The van der Waals surface area contributed by atoms with Crippen molar-refractivity contribution in [3.05, 3.63) is 47.0 Å². The minimum absolute atomic E-state index is 1.06. The van der Waals surface area contributed by atoms with Crippen LogP contribution in [0.15, 0.2) is 24.3 Å². The van der Waals surface area contributed by atoms with Crippen molar-refractivity contribution in [2.75, 3.05) is 0 Å². The normalized spacial score (nSPS) is 11.0. The smallest absolute Gasteiger partial charge is 0.0404 e. The molecule has 0 saturated heterocycles. The van der Waals surface area contributed by atoms with Crippen molar-refractivity contribution in [1.29, 1.82) is 0 Å². The highest BCUT2D eigenvalue weighted by Crippen LogP contribution is 2.10. The Morgan fingerprint density at radius 1 is 0.625 bits per heavy atom. The van der Waals surface area contributed by atoms with Crippen LogP contribution in [0.2, 0.25) is 0 Å². The van der Waals surface area contributed by atoms with Gasteiger partial charge in [0.15, 0.2) is 0 Å². The van der Waals surface area contributed by atoms with Gasteiger partial charge in [0.05, 0.1) is 0 Å². The molecule has 0 atom stereocenters. The largest absolute Gasteiger partial charge is 0.347 e. The summed E-state index contributed by atoms with van der Waals surface area (Å²) in [6, 6.07) is 8.74. The van der Waals surface area contributed by atoms with E-state index in [1.165, 1.54) is 22.8 Å². The molecule has 2 aromatic heterocycles. The van der Waals surface area contributed by atoms with Crippen molar-refractivity contribution >= 4 is 0 Å². The van der Waals surface area contributed by atoms with Crippen LogP contribution in [0.1, 0.15) is 22.8 Å². The summed E-state index contributed by atoms with van der Waals surface area (Å²) in [5.74, 6) is 0. The minimum Gasteiger partial charge on any atom is -0.347 e. The molecular formula is C14H20N2. The summed E-state index contributed by atoms with van der Waals surface area (Å²) in [6.45, 7) is 10.8. The van der Waals surface area contributed by atoms with Crippen molar-refractivity contribution < 1.29 is 0 Å². The van der Waals surface area contributed by atoms with E-state index in [0.29, 0.717) is 0 Å². The molecule has 0 spiro atoms. The lowest BCUT2D eigenvalue weighted by Gasteiger charge is -2.13. The average molecular weight is 216 g/mol. The van der Waals surface area contributed by atoms with Crippen LogP contribution in [0.3, 0.4) is 0 Å². The maximum absolute atomic E-state index is 2.37. The highest BCUT2D eigenvalue weighted by molar-refractivity contribution is 5.15. The highest BCUT2D eigenvalue weighted by atomic mass is 15.1. The first kappa shape index (κ1) is 11.1.